The Labute approximate surface area is 120 Å². The van der Waals surface area contributed by atoms with Crippen LogP contribution < -0.4 is 0 Å². The fraction of sp³-hybridized carbons (Fsp3) is 0.500. The number of rotatable bonds is 8. The largest absolute Gasteiger partial charge is 0.481 e. The van der Waals surface area contributed by atoms with Gasteiger partial charge in [-0.15, -0.1) is 0 Å². The number of benzene rings is 1. The summed E-state index contributed by atoms with van der Waals surface area (Å²) in [5.41, 5.74) is 1.22. The Morgan fingerprint density at radius 2 is 1.90 bits per heavy atom. The molecule has 1 atom stereocenters. The zero-order valence-electron chi connectivity index (χ0n) is 12.2. The lowest BCUT2D eigenvalue weighted by Gasteiger charge is -2.22. The lowest BCUT2D eigenvalue weighted by molar-refractivity contribution is -0.143. The summed E-state index contributed by atoms with van der Waals surface area (Å²) in [4.78, 5) is 24.5. The SMILES string of the molecule is CCN(CC(C)C(=O)O)C(=O)CCCc1ccccc1. The molecule has 110 valence electrons. The standard InChI is InChI=1S/C16H23NO3/c1-3-17(12-13(2)16(19)20)15(18)11-7-10-14-8-5-4-6-9-14/h4-6,8-9,13H,3,7,10-12H2,1-2H3,(H,19,20). The van der Waals surface area contributed by atoms with Gasteiger partial charge in [0, 0.05) is 19.5 Å². The second-order valence-corrected chi connectivity index (χ2v) is 5.01. The molecule has 0 saturated carbocycles. The van der Waals surface area contributed by atoms with E-state index in [0.717, 1.165) is 12.8 Å². The topological polar surface area (TPSA) is 57.6 Å². The van der Waals surface area contributed by atoms with Gasteiger partial charge >= 0.3 is 5.97 Å². The number of aliphatic carboxylic acids is 1. The minimum atomic E-state index is -0.861. The van der Waals surface area contributed by atoms with E-state index in [1.807, 2.05) is 25.1 Å². The number of carboxylic acids is 1. The maximum absolute atomic E-state index is 12.1. The summed E-state index contributed by atoms with van der Waals surface area (Å²) in [5, 5.41) is 8.89. The molecular weight excluding hydrogens is 254 g/mol. The second-order valence-electron chi connectivity index (χ2n) is 5.01. The first-order valence-corrected chi connectivity index (χ1v) is 7.09. The monoisotopic (exact) mass is 277 g/mol. The summed E-state index contributed by atoms with van der Waals surface area (Å²) in [6.45, 7) is 4.35. The Morgan fingerprint density at radius 1 is 1.25 bits per heavy atom. The third kappa shape index (κ3) is 5.43. The first kappa shape index (κ1) is 16.2. The highest BCUT2D eigenvalue weighted by molar-refractivity contribution is 5.77. The van der Waals surface area contributed by atoms with Gasteiger partial charge in [0.05, 0.1) is 5.92 Å². The number of carbonyl (C=O) groups excluding carboxylic acids is 1. The van der Waals surface area contributed by atoms with Gasteiger partial charge in [0.1, 0.15) is 0 Å². The van der Waals surface area contributed by atoms with E-state index in [0.29, 0.717) is 13.0 Å². The Bertz CT molecular complexity index is 431. The van der Waals surface area contributed by atoms with Crippen LogP contribution in [0.3, 0.4) is 0 Å². The molecule has 0 aromatic heterocycles. The summed E-state index contributed by atoms with van der Waals surface area (Å²) in [6.07, 6.45) is 2.13. The highest BCUT2D eigenvalue weighted by atomic mass is 16.4. The molecule has 0 aliphatic heterocycles. The summed E-state index contributed by atoms with van der Waals surface area (Å²) in [5.74, 6) is -1.34. The number of carbonyl (C=O) groups is 2. The Kier molecular flexibility index (Phi) is 6.77. The van der Waals surface area contributed by atoms with Crippen LogP contribution in [0.5, 0.6) is 0 Å². The van der Waals surface area contributed by atoms with Gasteiger partial charge in [-0.25, -0.2) is 0 Å². The summed E-state index contributed by atoms with van der Waals surface area (Å²) < 4.78 is 0. The quantitative estimate of drug-likeness (QED) is 0.794. The third-order valence-corrected chi connectivity index (χ3v) is 3.35. The van der Waals surface area contributed by atoms with Crippen molar-refractivity contribution in [3.05, 3.63) is 35.9 Å². The highest BCUT2D eigenvalue weighted by Gasteiger charge is 2.18. The van der Waals surface area contributed by atoms with Gasteiger partial charge in [-0.2, -0.15) is 0 Å². The van der Waals surface area contributed by atoms with E-state index in [2.05, 4.69) is 12.1 Å². The van der Waals surface area contributed by atoms with E-state index in [1.54, 1.807) is 11.8 Å². The van der Waals surface area contributed by atoms with Crippen LogP contribution in [-0.4, -0.2) is 35.0 Å². The molecule has 0 radical (unpaired) electrons. The van der Waals surface area contributed by atoms with Gasteiger partial charge in [0.25, 0.3) is 0 Å². The van der Waals surface area contributed by atoms with Crippen LogP contribution in [-0.2, 0) is 16.0 Å². The molecular formula is C16H23NO3. The predicted octanol–water partition coefficient (Wildman–Crippen LogP) is 2.58. The van der Waals surface area contributed by atoms with Crippen LogP contribution in [0.4, 0.5) is 0 Å². The van der Waals surface area contributed by atoms with Crippen molar-refractivity contribution in [3.63, 3.8) is 0 Å². The smallest absolute Gasteiger partial charge is 0.308 e. The zero-order valence-corrected chi connectivity index (χ0v) is 12.2. The molecule has 4 heteroatoms. The molecule has 1 amide bonds. The van der Waals surface area contributed by atoms with Crippen molar-refractivity contribution in [3.8, 4) is 0 Å². The summed E-state index contributed by atoms with van der Waals surface area (Å²) in [6, 6.07) is 10.1. The van der Waals surface area contributed by atoms with Gasteiger partial charge in [-0.3, -0.25) is 9.59 Å². The van der Waals surface area contributed by atoms with E-state index >= 15 is 0 Å². The van der Waals surface area contributed by atoms with Crippen LogP contribution in [0.15, 0.2) is 30.3 Å². The van der Waals surface area contributed by atoms with Gasteiger partial charge in [0.2, 0.25) is 5.91 Å². The lowest BCUT2D eigenvalue weighted by atomic mass is 10.1. The number of aryl methyl sites for hydroxylation is 1. The zero-order chi connectivity index (χ0) is 15.0. The number of carboxylic acid groups (broad SMARTS) is 1. The average Bonchev–Trinajstić information content (AvgIpc) is 2.45. The summed E-state index contributed by atoms with van der Waals surface area (Å²) in [7, 11) is 0. The van der Waals surface area contributed by atoms with Crippen LogP contribution in [0.2, 0.25) is 0 Å². The highest BCUT2D eigenvalue weighted by Crippen LogP contribution is 2.08. The van der Waals surface area contributed by atoms with E-state index in [1.165, 1.54) is 5.56 Å². The first-order valence-electron chi connectivity index (χ1n) is 7.09. The van der Waals surface area contributed by atoms with Gasteiger partial charge < -0.3 is 10.0 Å². The molecule has 0 spiro atoms. The molecule has 1 aromatic carbocycles. The fourth-order valence-corrected chi connectivity index (χ4v) is 2.06. The minimum absolute atomic E-state index is 0.0385. The maximum atomic E-state index is 12.1. The van der Waals surface area contributed by atoms with Gasteiger partial charge in [0.15, 0.2) is 0 Å². The van der Waals surface area contributed by atoms with E-state index in [4.69, 9.17) is 5.11 Å². The lowest BCUT2D eigenvalue weighted by Crippen LogP contribution is -2.36. The van der Waals surface area contributed by atoms with E-state index in [9.17, 15) is 9.59 Å². The Balaban J connectivity index is 2.38. The average molecular weight is 277 g/mol. The first-order chi connectivity index (χ1) is 9.54. The van der Waals surface area contributed by atoms with Crippen molar-refractivity contribution in [2.45, 2.75) is 33.1 Å². The number of amides is 1. The second kappa shape index (κ2) is 8.35. The Hall–Kier alpha value is -1.84. The van der Waals surface area contributed by atoms with Crippen LogP contribution in [0, 0.1) is 5.92 Å². The molecule has 1 rings (SSSR count). The molecule has 0 fully saturated rings. The molecule has 4 nitrogen and oxygen atoms in total. The fourth-order valence-electron chi connectivity index (χ4n) is 2.06. The van der Waals surface area contributed by atoms with Crippen LogP contribution in [0.25, 0.3) is 0 Å². The Morgan fingerprint density at radius 3 is 2.45 bits per heavy atom. The number of hydrogen-bond acceptors (Lipinski definition) is 2. The number of hydrogen-bond donors (Lipinski definition) is 1. The molecule has 1 N–H and O–H groups in total. The van der Waals surface area contributed by atoms with Crippen molar-refractivity contribution < 1.29 is 14.7 Å². The van der Waals surface area contributed by atoms with E-state index < -0.39 is 11.9 Å². The predicted molar refractivity (Wildman–Crippen MR) is 78.4 cm³/mol. The molecule has 0 saturated heterocycles. The number of nitrogens with zero attached hydrogens (tertiary/aromatic N) is 1. The maximum Gasteiger partial charge on any atom is 0.308 e. The molecule has 0 aliphatic carbocycles. The van der Waals surface area contributed by atoms with E-state index in [-0.39, 0.29) is 12.5 Å². The molecule has 0 aliphatic rings. The molecule has 1 aromatic rings. The van der Waals surface area contributed by atoms with Crippen LogP contribution in [0.1, 0.15) is 32.3 Å². The molecule has 0 heterocycles. The molecule has 0 bridgehead atoms. The molecule has 1 unspecified atom stereocenters. The van der Waals surface area contributed by atoms with Crippen molar-refractivity contribution in [1.82, 2.24) is 4.90 Å². The van der Waals surface area contributed by atoms with Crippen molar-refractivity contribution in [2.24, 2.45) is 5.92 Å². The molecule has 20 heavy (non-hydrogen) atoms. The van der Waals surface area contributed by atoms with Gasteiger partial charge in [-0.1, -0.05) is 37.3 Å². The van der Waals surface area contributed by atoms with Crippen LogP contribution >= 0.6 is 0 Å². The normalized spacial score (nSPS) is 11.9. The van der Waals surface area contributed by atoms with Gasteiger partial charge in [-0.05, 0) is 25.3 Å². The van der Waals surface area contributed by atoms with Crippen molar-refractivity contribution in [1.29, 1.82) is 0 Å². The van der Waals surface area contributed by atoms with Crippen molar-refractivity contribution in [2.75, 3.05) is 13.1 Å². The minimum Gasteiger partial charge on any atom is -0.481 e. The van der Waals surface area contributed by atoms with Crippen molar-refractivity contribution >= 4 is 11.9 Å². The summed E-state index contributed by atoms with van der Waals surface area (Å²) >= 11 is 0. The third-order valence-electron chi connectivity index (χ3n) is 3.35.